The molecule has 3 N–H and O–H groups in total. The summed E-state index contributed by atoms with van der Waals surface area (Å²) >= 11 is 0. The molecule has 0 aromatic heterocycles. The summed E-state index contributed by atoms with van der Waals surface area (Å²) in [5.74, 6) is 0.271. The van der Waals surface area contributed by atoms with Crippen LogP contribution in [0.3, 0.4) is 0 Å². The zero-order valence-electron chi connectivity index (χ0n) is 16.8. The minimum Gasteiger partial charge on any atom is -0.497 e. The van der Waals surface area contributed by atoms with E-state index in [-0.39, 0.29) is 12.6 Å². The number of nitrogens with one attached hydrogen (secondary N) is 3. The van der Waals surface area contributed by atoms with E-state index in [0.717, 1.165) is 24.9 Å². The maximum absolute atomic E-state index is 12.9. The Labute approximate surface area is 166 Å². The molecule has 2 amide bonds. The molecule has 1 saturated heterocycles. The van der Waals surface area contributed by atoms with E-state index in [9.17, 15) is 9.59 Å². The van der Waals surface area contributed by atoms with Crippen LogP contribution in [0.2, 0.25) is 0 Å². The quantitative estimate of drug-likeness (QED) is 0.642. The third kappa shape index (κ3) is 4.47. The normalized spacial score (nSPS) is 25.0. The van der Waals surface area contributed by atoms with Gasteiger partial charge in [-0.25, -0.2) is 9.59 Å². The topological polar surface area (TPSA) is 81.1 Å². The van der Waals surface area contributed by atoms with Gasteiger partial charge in [0.1, 0.15) is 12.3 Å². The molecule has 2 heterocycles. The summed E-state index contributed by atoms with van der Waals surface area (Å²) in [5.41, 5.74) is 1.91. The van der Waals surface area contributed by atoms with E-state index in [1.165, 1.54) is 11.3 Å². The van der Waals surface area contributed by atoms with Gasteiger partial charge in [-0.1, -0.05) is 12.1 Å². The van der Waals surface area contributed by atoms with Gasteiger partial charge in [-0.05, 0) is 50.8 Å². The molecule has 28 heavy (non-hydrogen) atoms. The largest absolute Gasteiger partial charge is 0.497 e. The summed E-state index contributed by atoms with van der Waals surface area (Å²) in [7, 11) is 1.59. The van der Waals surface area contributed by atoms with Crippen molar-refractivity contribution in [3.8, 4) is 5.75 Å². The van der Waals surface area contributed by atoms with Crippen LogP contribution >= 0.6 is 0 Å². The van der Waals surface area contributed by atoms with Crippen molar-refractivity contribution in [2.75, 3.05) is 26.8 Å². The van der Waals surface area contributed by atoms with Gasteiger partial charge in [0, 0.05) is 0 Å². The monoisotopic (exact) mass is 388 g/mol. The van der Waals surface area contributed by atoms with Crippen molar-refractivity contribution in [1.82, 2.24) is 10.6 Å². The number of piperidine rings is 1. The zero-order chi connectivity index (χ0) is 20.1. The molecule has 3 atom stereocenters. The predicted molar refractivity (Wildman–Crippen MR) is 105 cm³/mol. The number of urea groups is 1. The van der Waals surface area contributed by atoms with E-state index < -0.39 is 12.0 Å². The highest BCUT2D eigenvalue weighted by molar-refractivity contribution is 5.95. The van der Waals surface area contributed by atoms with Crippen LogP contribution in [0.1, 0.15) is 44.7 Å². The molecule has 152 valence electrons. The molecule has 0 spiro atoms. The number of hydrogen-bond donors (Lipinski definition) is 3. The Morgan fingerprint density at radius 1 is 1.32 bits per heavy atom. The minimum absolute atomic E-state index is 0.279. The van der Waals surface area contributed by atoms with E-state index in [0.29, 0.717) is 29.6 Å². The molecule has 0 aliphatic carbocycles. The molecule has 1 fully saturated rings. The summed E-state index contributed by atoms with van der Waals surface area (Å²) in [4.78, 5) is 26.7. The number of amides is 2. The number of hydrogen-bond acceptors (Lipinski definition) is 4. The molecule has 0 bridgehead atoms. The summed E-state index contributed by atoms with van der Waals surface area (Å²) in [6.07, 6.45) is 3.55. The Morgan fingerprint density at radius 2 is 2.14 bits per heavy atom. The van der Waals surface area contributed by atoms with Gasteiger partial charge in [0.15, 0.2) is 0 Å². The maximum atomic E-state index is 12.9. The molecule has 1 unspecified atom stereocenters. The van der Waals surface area contributed by atoms with E-state index in [4.69, 9.17) is 9.47 Å². The van der Waals surface area contributed by atoms with E-state index in [1.807, 2.05) is 24.3 Å². The first kappa shape index (κ1) is 20.2. The molecular formula is C21H30N3O4+. The van der Waals surface area contributed by atoms with Crippen molar-refractivity contribution in [3.63, 3.8) is 0 Å². The van der Waals surface area contributed by atoms with Crippen molar-refractivity contribution in [1.29, 1.82) is 0 Å². The van der Waals surface area contributed by atoms with Crippen molar-refractivity contribution in [2.45, 2.75) is 45.2 Å². The number of rotatable bonds is 6. The third-order valence-corrected chi connectivity index (χ3v) is 5.56. The number of benzene rings is 1. The molecule has 1 aromatic rings. The van der Waals surface area contributed by atoms with Crippen LogP contribution in [0.25, 0.3) is 0 Å². The Morgan fingerprint density at radius 3 is 2.86 bits per heavy atom. The Bertz CT molecular complexity index is 762. The van der Waals surface area contributed by atoms with Crippen molar-refractivity contribution >= 4 is 12.0 Å². The third-order valence-electron chi connectivity index (χ3n) is 5.56. The van der Waals surface area contributed by atoms with E-state index >= 15 is 0 Å². The lowest BCUT2D eigenvalue weighted by atomic mass is 9.94. The fourth-order valence-corrected chi connectivity index (χ4v) is 4.02. The van der Waals surface area contributed by atoms with Crippen LogP contribution in [0.15, 0.2) is 35.5 Å². The first-order valence-corrected chi connectivity index (χ1v) is 9.99. The first-order chi connectivity index (χ1) is 13.5. The maximum Gasteiger partial charge on any atom is 0.338 e. The molecule has 7 heteroatoms. The molecule has 2 aliphatic rings. The van der Waals surface area contributed by atoms with Crippen LogP contribution in [-0.2, 0) is 9.53 Å². The standard InChI is InChI=1S/C21H29N3O4/c1-4-28-20(25)18-17(13-24-11-6-5-8-14(24)2)22-21(26)23-19(18)15-9-7-10-16(12-15)27-3/h7,9-10,12,14,19H,4-6,8,11,13H2,1-3H3,(H2,22,23,26)/p+1/t14-,19-/m0/s1. The Balaban J connectivity index is 2.00. The van der Waals surface area contributed by atoms with Gasteiger partial charge in [-0.3, -0.25) is 0 Å². The number of ether oxygens (including phenoxy) is 2. The first-order valence-electron chi connectivity index (χ1n) is 9.99. The Kier molecular flexibility index (Phi) is 6.57. The van der Waals surface area contributed by atoms with E-state index in [1.54, 1.807) is 14.0 Å². The number of esters is 1. The van der Waals surface area contributed by atoms with Crippen LogP contribution in [-0.4, -0.2) is 44.8 Å². The number of quaternary nitrogens is 1. The average molecular weight is 388 g/mol. The highest BCUT2D eigenvalue weighted by Crippen LogP contribution is 2.29. The van der Waals surface area contributed by atoms with E-state index in [2.05, 4.69) is 17.6 Å². The lowest BCUT2D eigenvalue weighted by Crippen LogP contribution is -3.16. The molecule has 3 rings (SSSR count). The van der Waals surface area contributed by atoms with Crippen molar-refractivity contribution < 1.29 is 24.0 Å². The number of methoxy groups -OCH3 is 1. The number of carbonyl (C=O) groups is 2. The highest BCUT2D eigenvalue weighted by Gasteiger charge is 2.36. The lowest BCUT2D eigenvalue weighted by Gasteiger charge is -2.34. The van der Waals surface area contributed by atoms with Gasteiger partial charge in [-0.2, -0.15) is 0 Å². The second-order valence-electron chi connectivity index (χ2n) is 7.40. The molecule has 0 radical (unpaired) electrons. The average Bonchev–Trinajstić information content (AvgIpc) is 2.69. The number of carbonyl (C=O) groups excluding carboxylic acids is 2. The second kappa shape index (κ2) is 9.10. The molecule has 2 aliphatic heterocycles. The van der Waals surface area contributed by atoms with Crippen LogP contribution < -0.4 is 20.3 Å². The molecule has 7 nitrogen and oxygen atoms in total. The summed E-state index contributed by atoms with van der Waals surface area (Å²) in [5, 5.41) is 5.76. The van der Waals surface area contributed by atoms with Crippen LogP contribution in [0.5, 0.6) is 5.75 Å². The second-order valence-corrected chi connectivity index (χ2v) is 7.40. The van der Waals surface area contributed by atoms with Crippen molar-refractivity contribution in [2.24, 2.45) is 0 Å². The molecule has 0 saturated carbocycles. The van der Waals surface area contributed by atoms with Gasteiger partial charge in [-0.15, -0.1) is 0 Å². The highest BCUT2D eigenvalue weighted by atomic mass is 16.5. The van der Waals surface area contributed by atoms with Gasteiger partial charge in [0.2, 0.25) is 0 Å². The summed E-state index contributed by atoms with van der Waals surface area (Å²) in [6.45, 7) is 5.92. The van der Waals surface area contributed by atoms with Crippen LogP contribution in [0.4, 0.5) is 4.79 Å². The molecular weight excluding hydrogens is 358 g/mol. The SMILES string of the molecule is CCOC(=O)C1=C(C[NH+]2CCCC[C@@H]2C)NC(=O)N[C@H]1c1cccc(OC)c1. The smallest absolute Gasteiger partial charge is 0.338 e. The summed E-state index contributed by atoms with van der Waals surface area (Å²) < 4.78 is 10.7. The van der Waals surface area contributed by atoms with Crippen LogP contribution in [0, 0.1) is 0 Å². The fourth-order valence-electron chi connectivity index (χ4n) is 4.02. The zero-order valence-corrected chi connectivity index (χ0v) is 16.8. The molecule has 1 aromatic carbocycles. The van der Waals surface area contributed by atoms with Crippen molar-refractivity contribution in [3.05, 3.63) is 41.1 Å². The van der Waals surface area contributed by atoms with Gasteiger partial charge in [0.05, 0.1) is 43.6 Å². The Hall–Kier alpha value is -2.54. The number of likely N-dealkylation sites (tertiary alicyclic amines) is 1. The lowest BCUT2D eigenvalue weighted by molar-refractivity contribution is -0.924. The van der Waals surface area contributed by atoms with Gasteiger partial charge in [0.25, 0.3) is 0 Å². The predicted octanol–water partition coefficient (Wildman–Crippen LogP) is 1.32. The minimum atomic E-state index is -0.572. The van der Waals surface area contributed by atoms with Gasteiger partial charge >= 0.3 is 12.0 Å². The van der Waals surface area contributed by atoms with Gasteiger partial charge < -0.3 is 25.0 Å². The summed E-state index contributed by atoms with van der Waals surface area (Å²) in [6, 6.07) is 7.02. The fraction of sp³-hybridized carbons (Fsp3) is 0.524.